The summed E-state index contributed by atoms with van der Waals surface area (Å²) in [5.74, 6) is -2.73. The fourth-order valence-electron chi connectivity index (χ4n) is 3.06. The molecule has 2 aromatic rings. The predicted octanol–water partition coefficient (Wildman–Crippen LogP) is 1.16. The van der Waals surface area contributed by atoms with Crippen LogP contribution in [-0.4, -0.2) is 57.6 Å². The molecule has 1 aromatic heterocycles. The standard InChI is InChI=1S/C19H20N4O5/c1-11-15(12(2)23(21-11)14-7-5-4-6-8-14)16(24)18(26)28-13(3)17(25)22-10-9-20-19(22)27/h4-8,13H,9-10H2,1-3H3,(H,20,27)/t13-/m0/s1. The van der Waals surface area contributed by atoms with Gasteiger partial charge >= 0.3 is 12.0 Å². The summed E-state index contributed by atoms with van der Waals surface area (Å²) in [5.41, 5.74) is 1.75. The van der Waals surface area contributed by atoms with Crippen LogP contribution in [-0.2, 0) is 14.3 Å². The molecule has 1 atom stereocenters. The monoisotopic (exact) mass is 384 g/mol. The third-order valence-electron chi connectivity index (χ3n) is 4.46. The smallest absolute Gasteiger partial charge is 0.380 e. The summed E-state index contributed by atoms with van der Waals surface area (Å²) in [5, 5.41) is 6.82. The number of Topliss-reactive ketones (excluding diaryl/α,β-unsaturated/α-hetero) is 1. The molecular formula is C19H20N4O5. The minimum Gasteiger partial charge on any atom is -0.447 e. The number of esters is 1. The number of benzene rings is 1. The molecule has 0 unspecified atom stereocenters. The lowest BCUT2D eigenvalue weighted by atomic mass is 10.1. The van der Waals surface area contributed by atoms with Crippen LogP contribution in [0.4, 0.5) is 4.79 Å². The second kappa shape index (κ2) is 7.63. The maximum Gasteiger partial charge on any atom is 0.380 e. The zero-order valence-electron chi connectivity index (χ0n) is 15.8. The maximum atomic E-state index is 12.6. The third-order valence-corrected chi connectivity index (χ3v) is 4.46. The van der Waals surface area contributed by atoms with Crippen molar-refractivity contribution in [2.75, 3.05) is 13.1 Å². The zero-order valence-corrected chi connectivity index (χ0v) is 15.8. The Morgan fingerprint density at radius 2 is 1.86 bits per heavy atom. The molecule has 0 saturated carbocycles. The summed E-state index contributed by atoms with van der Waals surface area (Å²) in [4.78, 5) is 49.7. The number of imide groups is 1. The van der Waals surface area contributed by atoms with Crippen molar-refractivity contribution in [2.24, 2.45) is 0 Å². The van der Waals surface area contributed by atoms with Gasteiger partial charge in [0, 0.05) is 13.1 Å². The van der Waals surface area contributed by atoms with Crippen LogP contribution in [0.5, 0.6) is 0 Å². The number of aryl methyl sites for hydroxylation is 1. The van der Waals surface area contributed by atoms with Gasteiger partial charge in [-0.25, -0.2) is 14.3 Å². The minimum absolute atomic E-state index is 0.132. The molecule has 28 heavy (non-hydrogen) atoms. The zero-order chi connectivity index (χ0) is 20.4. The summed E-state index contributed by atoms with van der Waals surface area (Å²) in [6.45, 7) is 5.15. The van der Waals surface area contributed by atoms with E-state index in [9.17, 15) is 19.2 Å². The van der Waals surface area contributed by atoms with Gasteiger partial charge in [0.2, 0.25) is 0 Å². The Morgan fingerprint density at radius 1 is 1.18 bits per heavy atom. The second-order valence-corrected chi connectivity index (χ2v) is 6.39. The van der Waals surface area contributed by atoms with E-state index in [0.29, 0.717) is 17.9 Å². The van der Waals surface area contributed by atoms with E-state index < -0.39 is 29.8 Å². The second-order valence-electron chi connectivity index (χ2n) is 6.39. The molecule has 9 nitrogen and oxygen atoms in total. The van der Waals surface area contributed by atoms with E-state index >= 15 is 0 Å². The first-order valence-electron chi connectivity index (χ1n) is 8.77. The van der Waals surface area contributed by atoms with E-state index in [4.69, 9.17) is 4.74 Å². The molecule has 3 amide bonds. The summed E-state index contributed by atoms with van der Waals surface area (Å²) in [6.07, 6.45) is -1.26. The number of urea groups is 1. The van der Waals surface area contributed by atoms with Crippen molar-refractivity contribution >= 4 is 23.7 Å². The molecule has 146 valence electrons. The molecule has 0 spiro atoms. The Hall–Kier alpha value is -3.49. The van der Waals surface area contributed by atoms with Gasteiger partial charge in [0.15, 0.2) is 6.10 Å². The molecule has 0 bridgehead atoms. The quantitative estimate of drug-likeness (QED) is 0.470. The Labute approximate surface area is 161 Å². The van der Waals surface area contributed by atoms with E-state index in [2.05, 4.69) is 10.4 Å². The van der Waals surface area contributed by atoms with Crippen LogP contribution >= 0.6 is 0 Å². The number of hydrogen-bond donors (Lipinski definition) is 1. The van der Waals surface area contributed by atoms with E-state index in [1.54, 1.807) is 18.5 Å². The number of hydrogen-bond acceptors (Lipinski definition) is 6. The fraction of sp³-hybridized carbons (Fsp3) is 0.316. The Balaban J connectivity index is 1.77. The molecule has 0 radical (unpaired) electrons. The van der Waals surface area contributed by atoms with Crippen LogP contribution in [0.2, 0.25) is 0 Å². The van der Waals surface area contributed by atoms with Crippen LogP contribution in [0.1, 0.15) is 28.7 Å². The molecule has 1 aliphatic heterocycles. The number of ketones is 1. The van der Waals surface area contributed by atoms with Gasteiger partial charge in [-0.1, -0.05) is 18.2 Å². The van der Waals surface area contributed by atoms with Gasteiger partial charge in [0.25, 0.3) is 11.7 Å². The van der Waals surface area contributed by atoms with Crippen molar-refractivity contribution in [3.05, 3.63) is 47.3 Å². The average Bonchev–Trinajstić information content (AvgIpc) is 3.23. The predicted molar refractivity (Wildman–Crippen MR) is 98.0 cm³/mol. The lowest BCUT2D eigenvalue weighted by Crippen LogP contribution is -2.42. The van der Waals surface area contributed by atoms with Gasteiger partial charge in [-0.05, 0) is 32.9 Å². The van der Waals surface area contributed by atoms with Gasteiger partial charge in [-0.2, -0.15) is 5.10 Å². The molecule has 1 aliphatic rings. The Morgan fingerprint density at radius 3 is 2.46 bits per heavy atom. The van der Waals surface area contributed by atoms with Crippen molar-refractivity contribution in [1.29, 1.82) is 0 Å². The fourth-order valence-corrected chi connectivity index (χ4v) is 3.06. The van der Waals surface area contributed by atoms with E-state index in [1.807, 2.05) is 30.3 Å². The van der Waals surface area contributed by atoms with Gasteiger partial charge < -0.3 is 10.1 Å². The maximum absolute atomic E-state index is 12.6. The number of nitrogens with zero attached hydrogens (tertiary/aromatic N) is 3. The molecule has 9 heteroatoms. The number of nitrogens with one attached hydrogen (secondary N) is 1. The molecular weight excluding hydrogens is 364 g/mol. The van der Waals surface area contributed by atoms with Crippen molar-refractivity contribution in [1.82, 2.24) is 20.0 Å². The van der Waals surface area contributed by atoms with Crippen molar-refractivity contribution in [3.8, 4) is 5.69 Å². The van der Waals surface area contributed by atoms with Crippen LogP contribution < -0.4 is 5.32 Å². The molecule has 1 fully saturated rings. The van der Waals surface area contributed by atoms with Crippen molar-refractivity contribution in [3.63, 3.8) is 0 Å². The van der Waals surface area contributed by atoms with E-state index in [0.717, 1.165) is 10.6 Å². The van der Waals surface area contributed by atoms with Gasteiger partial charge in [0.05, 0.1) is 22.6 Å². The largest absolute Gasteiger partial charge is 0.447 e. The lowest BCUT2D eigenvalue weighted by molar-refractivity contribution is -0.153. The molecule has 1 saturated heterocycles. The number of para-hydroxylation sites is 1. The van der Waals surface area contributed by atoms with Crippen molar-refractivity contribution < 1.29 is 23.9 Å². The lowest BCUT2D eigenvalue weighted by Gasteiger charge is -2.17. The first kappa shape index (κ1) is 19.3. The number of carbonyl (C=O) groups excluding carboxylic acids is 4. The van der Waals surface area contributed by atoms with Crippen molar-refractivity contribution in [2.45, 2.75) is 26.9 Å². The first-order chi connectivity index (χ1) is 13.3. The Kier molecular flexibility index (Phi) is 5.25. The molecule has 3 rings (SSSR count). The number of ether oxygens (including phenoxy) is 1. The number of amides is 3. The molecule has 0 aliphatic carbocycles. The van der Waals surface area contributed by atoms with Gasteiger partial charge in [-0.3, -0.25) is 14.5 Å². The summed E-state index contributed by atoms with van der Waals surface area (Å²) >= 11 is 0. The highest BCUT2D eigenvalue weighted by atomic mass is 16.6. The van der Waals surface area contributed by atoms with Crippen LogP contribution in [0.3, 0.4) is 0 Å². The van der Waals surface area contributed by atoms with E-state index in [-0.39, 0.29) is 12.1 Å². The summed E-state index contributed by atoms with van der Waals surface area (Å²) in [6, 6.07) is 8.64. The number of aromatic nitrogens is 2. The highest BCUT2D eigenvalue weighted by molar-refractivity contribution is 6.41. The molecule has 2 heterocycles. The minimum atomic E-state index is -1.26. The van der Waals surface area contributed by atoms with Crippen LogP contribution in [0.25, 0.3) is 5.69 Å². The highest BCUT2D eigenvalue weighted by Crippen LogP contribution is 2.19. The number of rotatable bonds is 5. The van der Waals surface area contributed by atoms with Gasteiger partial charge in [-0.15, -0.1) is 0 Å². The summed E-state index contributed by atoms with van der Waals surface area (Å²) < 4.78 is 6.59. The van der Waals surface area contributed by atoms with E-state index in [1.165, 1.54) is 6.92 Å². The number of carbonyl (C=O) groups is 4. The van der Waals surface area contributed by atoms with Gasteiger partial charge in [0.1, 0.15) is 0 Å². The first-order valence-corrected chi connectivity index (χ1v) is 8.77. The SMILES string of the molecule is Cc1nn(-c2ccccc2)c(C)c1C(=O)C(=O)O[C@@H](C)C(=O)N1CCNC1=O. The van der Waals surface area contributed by atoms with Crippen LogP contribution in [0, 0.1) is 13.8 Å². The molecule has 1 aromatic carbocycles. The highest BCUT2D eigenvalue weighted by Gasteiger charge is 2.34. The average molecular weight is 384 g/mol. The Bertz CT molecular complexity index is 951. The topological polar surface area (TPSA) is 111 Å². The summed E-state index contributed by atoms with van der Waals surface area (Å²) in [7, 11) is 0. The normalized spacial score (nSPS) is 14.5. The third kappa shape index (κ3) is 3.51. The molecule has 1 N–H and O–H groups in total. The van der Waals surface area contributed by atoms with Crippen LogP contribution in [0.15, 0.2) is 30.3 Å².